The first kappa shape index (κ1) is 17.3. The first-order valence-electron chi connectivity index (χ1n) is 7.00. The molecule has 1 N–H and O–H groups in total. The van der Waals surface area contributed by atoms with Crippen molar-refractivity contribution < 1.29 is 9.72 Å². The molecule has 0 aliphatic rings. The molecule has 0 aliphatic heterocycles. The van der Waals surface area contributed by atoms with Gasteiger partial charge in [-0.3, -0.25) is 14.9 Å². The molecule has 126 valence electrons. The van der Waals surface area contributed by atoms with Gasteiger partial charge in [0.1, 0.15) is 0 Å². The van der Waals surface area contributed by atoms with Gasteiger partial charge in [0.05, 0.1) is 31.4 Å². The molecule has 0 saturated heterocycles. The Bertz CT molecular complexity index is 972. The number of hydrogen-bond donors (Lipinski definition) is 1. The maximum Gasteiger partial charge on any atom is 0.284 e. The number of benzene rings is 2. The maximum absolute atomic E-state index is 12.5. The van der Waals surface area contributed by atoms with E-state index < -0.39 is 10.8 Å². The standard InChI is InChI=1S/C16H10Br2N4O3/c17-11-8-19-21(9-11)14-4-2-1-3-13(14)20-16(23)10-5-6-12(18)15(7-10)22(24)25/h1-9H,(H,20,23). The fourth-order valence-electron chi connectivity index (χ4n) is 2.20. The fourth-order valence-corrected chi connectivity index (χ4v) is 2.88. The molecule has 1 amide bonds. The van der Waals surface area contributed by atoms with E-state index in [9.17, 15) is 14.9 Å². The Morgan fingerprint density at radius 2 is 1.96 bits per heavy atom. The van der Waals surface area contributed by atoms with Gasteiger partial charge in [0.25, 0.3) is 11.6 Å². The molecule has 0 aliphatic carbocycles. The number of aromatic nitrogens is 2. The molecule has 0 saturated carbocycles. The third kappa shape index (κ3) is 3.77. The average molecular weight is 466 g/mol. The van der Waals surface area contributed by atoms with Gasteiger partial charge in [0.2, 0.25) is 0 Å². The molecule has 0 radical (unpaired) electrons. The van der Waals surface area contributed by atoms with Gasteiger partial charge < -0.3 is 5.32 Å². The number of amides is 1. The second-order valence-corrected chi connectivity index (χ2v) is 6.77. The summed E-state index contributed by atoms with van der Waals surface area (Å²) in [7, 11) is 0. The lowest BCUT2D eigenvalue weighted by Crippen LogP contribution is -2.14. The SMILES string of the molecule is O=C(Nc1ccccc1-n1cc(Br)cn1)c1ccc(Br)c([N+](=O)[O-])c1. The van der Waals surface area contributed by atoms with Crippen LogP contribution in [0.5, 0.6) is 0 Å². The van der Waals surface area contributed by atoms with Crippen LogP contribution in [0.25, 0.3) is 5.69 Å². The molecule has 0 spiro atoms. The monoisotopic (exact) mass is 464 g/mol. The largest absolute Gasteiger partial charge is 0.320 e. The molecule has 9 heteroatoms. The number of nitrogens with one attached hydrogen (secondary N) is 1. The average Bonchev–Trinajstić information content (AvgIpc) is 3.01. The highest BCUT2D eigenvalue weighted by molar-refractivity contribution is 9.10. The quantitative estimate of drug-likeness (QED) is 0.451. The van der Waals surface area contributed by atoms with Gasteiger partial charge in [-0.1, -0.05) is 12.1 Å². The van der Waals surface area contributed by atoms with E-state index in [0.29, 0.717) is 15.8 Å². The lowest BCUT2D eigenvalue weighted by Gasteiger charge is -2.11. The fraction of sp³-hybridized carbons (Fsp3) is 0. The summed E-state index contributed by atoms with van der Waals surface area (Å²) in [4.78, 5) is 23.0. The molecule has 0 atom stereocenters. The predicted molar refractivity (Wildman–Crippen MR) is 100 cm³/mol. The van der Waals surface area contributed by atoms with Crippen molar-refractivity contribution in [2.75, 3.05) is 5.32 Å². The first-order chi connectivity index (χ1) is 12.0. The molecule has 25 heavy (non-hydrogen) atoms. The molecule has 0 unspecified atom stereocenters. The van der Waals surface area contributed by atoms with Gasteiger partial charge in [-0.15, -0.1) is 0 Å². The number of hydrogen-bond acceptors (Lipinski definition) is 4. The van der Waals surface area contributed by atoms with Crippen molar-refractivity contribution in [3.05, 3.63) is 79.5 Å². The van der Waals surface area contributed by atoms with Crippen LogP contribution in [0.15, 0.2) is 63.8 Å². The Morgan fingerprint density at radius 3 is 2.64 bits per heavy atom. The van der Waals surface area contributed by atoms with Gasteiger partial charge in [0.15, 0.2) is 0 Å². The summed E-state index contributed by atoms with van der Waals surface area (Å²) in [5.41, 5.74) is 1.23. The van der Waals surface area contributed by atoms with Gasteiger partial charge in [-0.2, -0.15) is 5.10 Å². The second kappa shape index (κ2) is 7.16. The highest BCUT2D eigenvalue weighted by Crippen LogP contribution is 2.27. The Kier molecular flexibility index (Phi) is 4.95. The van der Waals surface area contributed by atoms with E-state index in [2.05, 4.69) is 42.3 Å². The summed E-state index contributed by atoms with van der Waals surface area (Å²) in [5, 5.41) is 18.0. The number of anilines is 1. The van der Waals surface area contributed by atoms with Crippen LogP contribution in [0, 0.1) is 10.1 Å². The van der Waals surface area contributed by atoms with Gasteiger partial charge >= 0.3 is 0 Å². The van der Waals surface area contributed by atoms with Crippen LogP contribution in [0.3, 0.4) is 0 Å². The summed E-state index contributed by atoms with van der Waals surface area (Å²) in [6.07, 6.45) is 3.39. The normalized spacial score (nSPS) is 10.5. The number of para-hydroxylation sites is 2. The van der Waals surface area contributed by atoms with Crippen LogP contribution in [0.4, 0.5) is 11.4 Å². The first-order valence-corrected chi connectivity index (χ1v) is 8.59. The third-order valence-electron chi connectivity index (χ3n) is 3.36. The van der Waals surface area contributed by atoms with Crippen LogP contribution in [0.1, 0.15) is 10.4 Å². The summed E-state index contributed by atoms with van der Waals surface area (Å²) in [5.74, 6) is -0.450. The maximum atomic E-state index is 12.5. The van der Waals surface area contributed by atoms with Gasteiger partial charge in [-0.25, -0.2) is 4.68 Å². The zero-order valence-electron chi connectivity index (χ0n) is 12.5. The number of halogens is 2. The third-order valence-corrected chi connectivity index (χ3v) is 4.44. The minimum absolute atomic E-state index is 0.169. The predicted octanol–water partition coefficient (Wildman–Crippen LogP) is 4.56. The van der Waals surface area contributed by atoms with Crippen molar-refractivity contribution in [3.63, 3.8) is 0 Å². The highest BCUT2D eigenvalue weighted by Gasteiger charge is 2.17. The molecule has 3 rings (SSSR count). The minimum Gasteiger partial charge on any atom is -0.320 e. The van der Waals surface area contributed by atoms with Crippen molar-refractivity contribution >= 4 is 49.1 Å². The van der Waals surface area contributed by atoms with E-state index in [1.807, 2.05) is 6.07 Å². The Morgan fingerprint density at radius 1 is 1.20 bits per heavy atom. The number of nitro groups is 1. The molecular formula is C16H10Br2N4O3. The van der Waals surface area contributed by atoms with Crippen molar-refractivity contribution in [3.8, 4) is 5.69 Å². The Balaban J connectivity index is 1.92. The van der Waals surface area contributed by atoms with Crippen molar-refractivity contribution in [2.24, 2.45) is 0 Å². The molecular weight excluding hydrogens is 456 g/mol. The number of rotatable bonds is 4. The van der Waals surface area contributed by atoms with E-state index in [4.69, 9.17) is 0 Å². The minimum atomic E-state index is -0.546. The smallest absolute Gasteiger partial charge is 0.284 e. The second-order valence-electron chi connectivity index (χ2n) is 5.00. The van der Waals surface area contributed by atoms with Crippen LogP contribution in [0.2, 0.25) is 0 Å². The number of nitrogens with zero attached hydrogens (tertiary/aromatic N) is 3. The van der Waals surface area contributed by atoms with E-state index in [-0.39, 0.29) is 11.3 Å². The summed E-state index contributed by atoms with van der Waals surface area (Å²) >= 11 is 6.43. The zero-order valence-corrected chi connectivity index (χ0v) is 15.7. The molecule has 3 aromatic rings. The van der Waals surface area contributed by atoms with Crippen LogP contribution in [-0.2, 0) is 0 Å². The Hall–Kier alpha value is -2.52. The number of carbonyl (C=O) groups is 1. The van der Waals surface area contributed by atoms with Crippen molar-refractivity contribution in [1.82, 2.24) is 9.78 Å². The van der Waals surface area contributed by atoms with Crippen LogP contribution < -0.4 is 5.32 Å². The van der Waals surface area contributed by atoms with Crippen LogP contribution in [-0.4, -0.2) is 20.6 Å². The molecule has 0 fully saturated rings. The number of carbonyl (C=O) groups excluding carboxylic acids is 1. The molecule has 1 heterocycles. The molecule has 0 bridgehead atoms. The summed E-state index contributed by atoms with van der Waals surface area (Å²) in [6.45, 7) is 0. The highest BCUT2D eigenvalue weighted by atomic mass is 79.9. The van der Waals surface area contributed by atoms with E-state index in [0.717, 1.165) is 4.47 Å². The topological polar surface area (TPSA) is 90.1 Å². The van der Waals surface area contributed by atoms with Crippen molar-refractivity contribution in [2.45, 2.75) is 0 Å². The Labute approximate surface area is 159 Å². The van der Waals surface area contributed by atoms with Gasteiger partial charge in [-0.05, 0) is 56.1 Å². The summed E-state index contributed by atoms with van der Waals surface area (Å²) in [6, 6.07) is 11.4. The molecule has 2 aromatic carbocycles. The lowest BCUT2D eigenvalue weighted by molar-refractivity contribution is -0.385. The van der Waals surface area contributed by atoms with E-state index >= 15 is 0 Å². The lowest BCUT2D eigenvalue weighted by atomic mass is 10.1. The summed E-state index contributed by atoms with van der Waals surface area (Å²) < 4.78 is 2.73. The van der Waals surface area contributed by atoms with Crippen LogP contribution >= 0.6 is 31.9 Å². The van der Waals surface area contributed by atoms with E-state index in [1.54, 1.807) is 35.3 Å². The molecule has 1 aromatic heterocycles. The van der Waals surface area contributed by atoms with Crippen molar-refractivity contribution in [1.29, 1.82) is 0 Å². The number of nitro benzene ring substituents is 1. The zero-order chi connectivity index (χ0) is 18.0. The molecule has 7 nitrogen and oxygen atoms in total. The van der Waals surface area contributed by atoms with E-state index in [1.165, 1.54) is 18.2 Å². The van der Waals surface area contributed by atoms with Gasteiger partial charge in [0, 0.05) is 17.8 Å².